The predicted octanol–water partition coefficient (Wildman–Crippen LogP) is 14.6. The molecule has 0 radical (unpaired) electrons. The molecule has 12 aliphatic carbocycles. The van der Waals surface area contributed by atoms with E-state index in [1.165, 1.54) is 38.5 Å². The largest absolute Gasteiger partial charge is 0.294 e. The zero-order chi connectivity index (χ0) is 38.2. The molecule has 12 saturated carbocycles. The minimum Gasteiger partial charge on any atom is -0.294 e. The molecule has 12 rings (SSSR count). The summed E-state index contributed by atoms with van der Waals surface area (Å²) < 4.78 is 0. The number of rotatable bonds is 6. The van der Waals surface area contributed by atoms with Crippen molar-refractivity contribution < 1.29 is 0 Å². The summed E-state index contributed by atoms with van der Waals surface area (Å²) in [5, 5.41) is 0. The number of fused-ring (bicyclic) bond motifs is 4. The van der Waals surface area contributed by atoms with Crippen LogP contribution in [0, 0.1) is 82.9 Å². The first kappa shape index (κ1) is 39.5. The maximum absolute atomic E-state index is 3.63. The van der Waals surface area contributed by atoms with Gasteiger partial charge in [0.05, 0.1) is 0 Å². The third kappa shape index (κ3) is 6.94. The van der Waals surface area contributed by atoms with E-state index >= 15 is 0 Å². The maximum atomic E-state index is 3.63. The second kappa shape index (κ2) is 17.1. The van der Waals surface area contributed by atoms with E-state index in [9.17, 15) is 0 Å². The summed E-state index contributed by atoms with van der Waals surface area (Å²) in [6.07, 6.45) is 56.9. The molecule has 0 aromatic rings. The van der Waals surface area contributed by atoms with Crippen LogP contribution in [0.15, 0.2) is 0 Å². The zero-order valence-electron chi connectivity index (χ0n) is 37.9. The van der Waals surface area contributed by atoms with Crippen molar-refractivity contribution in [2.75, 3.05) is 0 Å². The fourth-order valence-electron chi connectivity index (χ4n) is 21.4. The van der Waals surface area contributed by atoms with Gasteiger partial charge in [0.2, 0.25) is 0 Å². The van der Waals surface area contributed by atoms with E-state index < -0.39 is 0 Å². The van der Waals surface area contributed by atoms with Gasteiger partial charge < -0.3 is 0 Å². The number of hydrogen-bond acceptors (Lipinski definition) is 2. The van der Waals surface area contributed by atoms with E-state index in [0.717, 1.165) is 119 Å². The van der Waals surface area contributed by atoms with Crippen LogP contribution in [-0.2, 0) is 0 Å². The molecule has 0 bridgehead atoms. The molecule has 16 atom stereocenters. The van der Waals surface area contributed by atoms with Crippen molar-refractivity contribution in [3.63, 3.8) is 0 Å². The highest BCUT2D eigenvalue weighted by atomic mass is 15.3. The van der Waals surface area contributed by atoms with Gasteiger partial charge in [-0.25, -0.2) is 0 Å². The Morgan fingerprint density at radius 3 is 0.879 bits per heavy atom. The third-order valence-electron chi connectivity index (χ3n) is 23.1. The average Bonchev–Trinajstić information content (AvgIpc) is 3.29. The van der Waals surface area contributed by atoms with Crippen molar-refractivity contribution in [3.8, 4) is 0 Å². The lowest BCUT2D eigenvalue weighted by Crippen LogP contribution is -2.69. The minimum absolute atomic E-state index is 0.930. The molecule has 0 saturated heterocycles. The van der Waals surface area contributed by atoms with Crippen LogP contribution in [0.3, 0.4) is 0 Å². The fraction of sp³-hybridized carbons (Fsp3) is 1.00. The Hall–Kier alpha value is -0.0800. The van der Waals surface area contributed by atoms with E-state index in [4.69, 9.17) is 0 Å². The Morgan fingerprint density at radius 2 is 0.517 bits per heavy atom. The van der Waals surface area contributed by atoms with Crippen molar-refractivity contribution in [2.45, 2.75) is 267 Å². The molecule has 0 N–H and O–H groups in total. The highest BCUT2D eigenvalue weighted by Gasteiger charge is 2.62. The molecule has 12 aliphatic rings. The van der Waals surface area contributed by atoms with Crippen LogP contribution in [0.4, 0.5) is 0 Å². The Labute approximate surface area is 358 Å². The van der Waals surface area contributed by atoms with Crippen molar-refractivity contribution >= 4 is 0 Å². The van der Waals surface area contributed by atoms with E-state index in [1.54, 1.807) is 193 Å². The Bertz CT molecular complexity index is 1220. The van der Waals surface area contributed by atoms with E-state index in [0.29, 0.717) is 0 Å². The smallest absolute Gasteiger partial charge is 0.0163 e. The zero-order valence-corrected chi connectivity index (χ0v) is 37.9. The lowest BCUT2D eigenvalue weighted by molar-refractivity contribution is -0.185. The molecular formula is C56H92N2. The minimum atomic E-state index is 0.930. The fourth-order valence-corrected chi connectivity index (χ4v) is 21.4. The van der Waals surface area contributed by atoms with Crippen LogP contribution in [0.1, 0.15) is 231 Å². The first-order chi connectivity index (χ1) is 28.8. The molecule has 0 spiro atoms. The molecule has 12 fully saturated rings. The van der Waals surface area contributed by atoms with E-state index in [2.05, 4.69) is 9.80 Å². The standard InChI is InChI=1S/C56H92N2/c1-3-23-43(24-4-1)57(55-45-27-11-7-17-37(45)33-38-18-8-12-28-46(38)55)51-35-41-21-16-32-50-52(36-42-22-15-31-49(51)53(42)54(41)50)58(44-25-5-2-6-26-44)56-47-29-13-9-19-39(47)34-40-20-10-14-30-48(40)56/h37-56H,1-36H2. The molecule has 0 amide bonds. The molecule has 0 aromatic heterocycles. The monoisotopic (exact) mass is 793 g/mol. The van der Waals surface area contributed by atoms with Crippen LogP contribution >= 0.6 is 0 Å². The maximum Gasteiger partial charge on any atom is 0.0163 e. The van der Waals surface area contributed by atoms with Crippen LogP contribution in [0.2, 0.25) is 0 Å². The molecule has 0 aromatic carbocycles. The topological polar surface area (TPSA) is 6.48 Å². The van der Waals surface area contributed by atoms with Crippen LogP contribution in [0.25, 0.3) is 0 Å². The van der Waals surface area contributed by atoms with Gasteiger partial charge in [-0.05, 0) is 173 Å². The van der Waals surface area contributed by atoms with Gasteiger partial charge in [0.15, 0.2) is 0 Å². The van der Waals surface area contributed by atoms with E-state index in [1.807, 2.05) is 0 Å². The van der Waals surface area contributed by atoms with Crippen LogP contribution < -0.4 is 0 Å². The van der Waals surface area contributed by atoms with Crippen molar-refractivity contribution in [1.82, 2.24) is 9.80 Å². The number of hydrogen-bond donors (Lipinski definition) is 0. The summed E-state index contributed by atoms with van der Waals surface area (Å²) >= 11 is 0. The summed E-state index contributed by atoms with van der Waals surface area (Å²) in [7, 11) is 0. The Kier molecular flexibility index (Phi) is 11.7. The second-order valence-corrected chi connectivity index (χ2v) is 25.2. The predicted molar refractivity (Wildman–Crippen MR) is 241 cm³/mol. The number of nitrogens with zero attached hydrogens (tertiary/aromatic N) is 2. The van der Waals surface area contributed by atoms with Gasteiger partial charge in [-0.2, -0.15) is 0 Å². The highest BCUT2D eigenvalue weighted by Crippen LogP contribution is 2.65. The van der Waals surface area contributed by atoms with Gasteiger partial charge in [0.1, 0.15) is 0 Å². The quantitative estimate of drug-likeness (QED) is 0.264. The SMILES string of the molecule is C1CCC(N(C2CC3CCCC4C3C3C(CCCC32)CC4N(C2CCCCC2)C2C3CCCCC3CC3CCCCC32)C2C3CCCCC3CC3CCCCC32)CC1. The van der Waals surface area contributed by atoms with Gasteiger partial charge in [-0.15, -0.1) is 0 Å². The molecule has 326 valence electrons. The summed E-state index contributed by atoms with van der Waals surface area (Å²) in [5.74, 6) is 14.9. The van der Waals surface area contributed by atoms with Crippen molar-refractivity contribution in [2.24, 2.45) is 82.9 Å². The summed E-state index contributed by atoms with van der Waals surface area (Å²) in [5.41, 5.74) is 0. The van der Waals surface area contributed by atoms with Gasteiger partial charge in [0.25, 0.3) is 0 Å². The van der Waals surface area contributed by atoms with Gasteiger partial charge in [-0.1, -0.05) is 141 Å². The molecule has 16 unspecified atom stereocenters. The Morgan fingerprint density at radius 1 is 0.224 bits per heavy atom. The molecule has 0 aliphatic heterocycles. The molecule has 58 heavy (non-hydrogen) atoms. The molecule has 2 nitrogen and oxygen atoms in total. The molecule has 0 heterocycles. The van der Waals surface area contributed by atoms with Crippen molar-refractivity contribution in [3.05, 3.63) is 0 Å². The van der Waals surface area contributed by atoms with E-state index in [-0.39, 0.29) is 0 Å². The molecular weight excluding hydrogens is 701 g/mol. The van der Waals surface area contributed by atoms with Crippen LogP contribution in [-0.4, -0.2) is 46.1 Å². The van der Waals surface area contributed by atoms with Gasteiger partial charge in [-0.3, -0.25) is 9.80 Å². The summed E-state index contributed by atoms with van der Waals surface area (Å²) in [6.45, 7) is 0. The van der Waals surface area contributed by atoms with Gasteiger partial charge in [0, 0.05) is 36.3 Å². The van der Waals surface area contributed by atoms with Crippen molar-refractivity contribution in [1.29, 1.82) is 0 Å². The van der Waals surface area contributed by atoms with Gasteiger partial charge >= 0.3 is 0 Å². The summed E-state index contributed by atoms with van der Waals surface area (Å²) in [4.78, 5) is 7.26. The first-order valence-electron chi connectivity index (χ1n) is 28.3. The normalized spacial score (nSPS) is 51.2. The lowest BCUT2D eigenvalue weighted by atomic mass is 9.45. The molecule has 2 heteroatoms. The highest BCUT2D eigenvalue weighted by molar-refractivity contribution is 5.14. The third-order valence-corrected chi connectivity index (χ3v) is 23.1. The average molecular weight is 793 g/mol. The Balaban J connectivity index is 0.910. The van der Waals surface area contributed by atoms with Crippen LogP contribution in [0.5, 0.6) is 0 Å². The lowest BCUT2D eigenvalue weighted by Gasteiger charge is -2.68. The summed E-state index contributed by atoms with van der Waals surface area (Å²) in [6, 6.07) is 5.67. The first-order valence-corrected chi connectivity index (χ1v) is 28.3. The second-order valence-electron chi connectivity index (χ2n) is 25.2.